The molecule has 0 aliphatic carbocycles. The van der Waals surface area contributed by atoms with Crippen LogP contribution in [-0.2, 0) is 0 Å². The highest BCUT2D eigenvalue weighted by Gasteiger charge is 2.29. The number of aromatic nitrogens is 5. The smallest absolute Gasteiger partial charge is 0.280 e. The Morgan fingerprint density at radius 3 is 2.81 bits per heavy atom. The Hall–Kier alpha value is -3.23. The summed E-state index contributed by atoms with van der Waals surface area (Å²) >= 11 is 0. The van der Waals surface area contributed by atoms with Crippen LogP contribution in [0.1, 0.15) is 28.6 Å². The van der Waals surface area contributed by atoms with Gasteiger partial charge in [-0.15, -0.1) is 5.10 Å². The lowest BCUT2D eigenvalue weighted by Crippen LogP contribution is -2.29. The molecule has 1 aliphatic rings. The number of carbonyl (C=O) groups is 1. The van der Waals surface area contributed by atoms with E-state index in [0.717, 1.165) is 12.2 Å². The van der Waals surface area contributed by atoms with E-state index in [9.17, 15) is 4.79 Å². The Morgan fingerprint density at radius 1 is 1.31 bits per heavy atom. The minimum Gasteiger partial charge on any atom is -0.497 e. The number of rotatable bonds is 4. The van der Waals surface area contributed by atoms with Crippen LogP contribution in [0, 0.1) is 6.92 Å². The van der Waals surface area contributed by atoms with Crippen molar-refractivity contribution in [1.29, 1.82) is 0 Å². The first kappa shape index (κ1) is 16.2. The first-order valence-corrected chi connectivity index (χ1v) is 8.30. The van der Waals surface area contributed by atoms with Crippen LogP contribution in [-0.4, -0.2) is 56.1 Å². The average molecular weight is 354 g/mol. The molecule has 9 nitrogen and oxygen atoms in total. The van der Waals surface area contributed by atoms with Crippen LogP contribution in [0.15, 0.2) is 35.0 Å². The molecule has 3 aromatic rings. The number of benzene rings is 1. The van der Waals surface area contributed by atoms with Crippen molar-refractivity contribution in [3.05, 3.63) is 41.9 Å². The topological polar surface area (TPSA) is 99.2 Å². The molecule has 2 aromatic heterocycles. The third-order valence-corrected chi connectivity index (χ3v) is 4.42. The van der Waals surface area contributed by atoms with E-state index in [1.165, 1.54) is 0 Å². The predicted molar refractivity (Wildman–Crippen MR) is 90.6 cm³/mol. The second-order valence-corrected chi connectivity index (χ2v) is 6.15. The first-order valence-electron chi connectivity index (χ1n) is 8.30. The zero-order chi connectivity index (χ0) is 18.1. The van der Waals surface area contributed by atoms with E-state index in [1.54, 1.807) is 49.2 Å². The molecule has 1 saturated heterocycles. The van der Waals surface area contributed by atoms with Crippen LogP contribution >= 0.6 is 0 Å². The van der Waals surface area contributed by atoms with Crippen LogP contribution in [0.4, 0.5) is 0 Å². The number of nitrogens with zero attached hydrogens (tertiary/aromatic N) is 6. The number of carbonyl (C=O) groups excluding carboxylic acids is 1. The standard InChI is InChI=1S/C17H18N6O3/c1-11-18-16(26-20-11)15-10-23(21-19-15)13-7-8-22(9-13)17(24)12-3-5-14(25-2)6-4-12/h3-6,10,13H,7-9H2,1-2H3/t13-/m0/s1. The summed E-state index contributed by atoms with van der Waals surface area (Å²) in [5.41, 5.74) is 1.18. The summed E-state index contributed by atoms with van der Waals surface area (Å²) in [6.45, 7) is 3.00. The number of ether oxygens (including phenoxy) is 1. The highest BCUT2D eigenvalue weighted by atomic mass is 16.5. The van der Waals surface area contributed by atoms with E-state index < -0.39 is 0 Å². The van der Waals surface area contributed by atoms with Crippen molar-refractivity contribution in [1.82, 2.24) is 30.0 Å². The number of hydrogen-bond acceptors (Lipinski definition) is 7. The molecule has 1 fully saturated rings. The van der Waals surface area contributed by atoms with Crippen LogP contribution in [0.25, 0.3) is 11.6 Å². The third-order valence-electron chi connectivity index (χ3n) is 4.42. The summed E-state index contributed by atoms with van der Waals surface area (Å²) in [7, 11) is 1.60. The van der Waals surface area contributed by atoms with Crippen molar-refractivity contribution in [2.24, 2.45) is 0 Å². The van der Waals surface area contributed by atoms with Crippen molar-refractivity contribution in [2.45, 2.75) is 19.4 Å². The number of methoxy groups -OCH3 is 1. The molecule has 1 aliphatic heterocycles. The van der Waals surface area contributed by atoms with Gasteiger partial charge in [0.15, 0.2) is 11.5 Å². The minimum absolute atomic E-state index is 0.00279. The fourth-order valence-electron chi connectivity index (χ4n) is 3.01. The summed E-state index contributed by atoms with van der Waals surface area (Å²) < 4.78 is 12.0. The van der Waals surface area contributed by atoms with E-state index >= 15 is 0 Å². The number of aryl methyl sites for hydroxylation is 1. The number of hydrogen-bond donors (Lipinski definition) is 0. The van der Waals surface area contributed by atoms with Gasteiger partial charge in [-0.3, -0.25) is 4.79 Å². The van der Waals surface area contributed by atoms with Gasteiger partial charge >= 0.3 is 0 Å². The lowest BCUT2D eigenvalue weighted by atomic mass is 10.2. The predicted octanol–water partition coefficient (Wildman–Crippen LogP) is 1.73. The van der Waals surface area contributed by atoms with Gasteiger partial charge in [-0.1, -0.05) is 10.4 Å². The van der Waals surface area contributed by atoms with Crippen molar-refractivity contribution < 1.29 is 14.1 Å². The maximum Gasteiger partial charge on any atom is 0.280 e. The van der Waals surface area contributed by atoms with Crippen molar-refractivity contribution in [3.63, 3.8) is 0 Å². The molecule has 4 rings (SSSR count). The molecule has 0 saturated carbocycles. The van der Waals surface area contributed by atoms with E-state index in [4.69, 9.17) is 9.26 Å². The molecule has 0 radical (unpaired) electrons. The highest BCUT2D eigenvalue weighted by Crippen LogP contribution is 2.24. The van der Waals surface area contributed by atoms with Gasteiger partial charge in [0.2, 0.25) is 0 Å². The van der Waals surface area contributed by atoms with Gasteiger partial charge < -0.3 is 14.2 Å². The van der Waals surface area contributed by atoms with Gasteiger partial charge in [-0.2, -0.15) is 4.98 Å². The quantitative estimate of drug-likeness (QED) is 0.703. The van der Waals surface area contributed by atoms with Crippen molar-refractivity contribution in [3.8, 4) is 17.3 Å². The third kappa shape index (κ3) is 3.03. The molecule has 0 bridgehead atoms. The summed E-state index contributed by atoms with van der Waals surface area (Å²) in [5, 5.41) is 12.0. The first-order chi connectivity index (χ1) is 12.6. The molecule has 1 aromatic carbocycles. The van der Waals surface area contributed by atoms with Gasteiger partial charge in [0.05, 0.1) is 19.3 Å². The van der Waals surface area contributed by atoms with E-state index in [1.807, 2.05) is 4.90 Å². The van der Waals surface area contributed by atoms with Gasteiger partial charge in [-0.25, -0.2) is 4.68 Å². The maximum absolute atomic E-state index is 12.7. The Morgan fingerprint density at radius 2 is 2.12 bits per heavy atom. The molecule has 1 amide bonds. The molecule has 134 valence electrons. The Kier molecular flexibility index (Phi) is 4.11. The normalized spacial score (nSPS) is 16.8. The molecule has 0 spiro atoms. The van der Waals surface area contributed by atoms with Crippen molar-refractivity contribution in [2.75, 3.05) is 20.2 Å². The average Bonchev–Trinajstić information content (AvgIpc) is 3.40. The van der Waals surface area contributed by atoms with Gasteiger partial charge in [-0.05, 0) is 37.6 Å². The van der Waals surface area contributed by atoms with E-state index in [0.29, 0.717) is 36.1 Å². The molecule has 0 unspecified atom stereocenters. The van der Waals surface area contributed by atoms with Crippen LogP contribution in [0.2, 0.25) is 0 Å². The SMILES string of the molecule is COc1ccc(C(=O)N2CC[C@H](n3cc(-c4nc(C)no4)nn3)C2)cc1. The van der Waals surface area contributed by atoms with Gasteiger partial charge in [0.25, 0.3) is 11.8 Å². The minimum atomic E-state index is 0.00279. The lowest BCUT2D eigenvalue weighted by molar-refractivity contribution is 0.0787. The molecule has 0 N–H and O–H groups in total. The summed E-state index contributed by atoms with van der Waals surface area (Å²) in [6.07, 6.45) is 2.59. The van der Waals surface area contributed by atoms with Crippen molar-refractivity contribution >= 4 is 5.91 Å². The van der Waals surface area contributed by atoms with Gasteiger partial charge in [0, 0.05) is 18.7 Å². The lowest BCUT2D eigenvalue weighted by Gasteiger charge is -2.16. The molecule has 26 heavy (non-hydrogen) atoms. The Bertz CT molecular complexity index is 917. The fraction of sp³-hybridized carbons (Fsp3) is 0.353. The molecular weight excluding hydrogens is 336 g/mol. The monoisotopic (exact) mass is 354 g/mol. The number of amides is 1. The Labute approximate surface area is 149 Å². The van der Waals surface area contributed by atoms with E-state index in [-0.39, 0.29) is 11.9 Å². The highest BCUT2D eigenvalue weighted by molar-refractivity contribution is 5.94. The van der Waals surface area contributed by atoms with Crippen LogP contribution < -0.4 is 4.74 Å². The molecule has 3 heterocycles. The second-order valence-electron chi connectivity index (χ2n) is 6.15. The second kappa shape index (κ2) is 6.58. The summed E-state index contributed by atoms with van der Waals surface area (Å²) in [6, 6.07) is 7.20. The van der Waals surface area contributed by atoms with E-state index in [2.05, 4.69) is 20.5 Å². The number of likely N-dealkylation sites (tertiary alicyclic amines) is 1. The Balaban J connectivity index is 1.44. The zero-order valence-corrected chi connectivity index (χ0v) is 14.5. The molecule has 9 heteroatoms. The summed E-state index contributed by atoms with van der Waals surface area (Å²) in [4.78, 5) is 18.6. The zero-order valence-electron chi connectivity index (χ0n) is 14.5. The fourth-order valence-corrected chi connectivity index (χ4v) is 3.01. The molecular formula is C17H18N6O3. The maximum atomic E-state index is 12.7. The van der Waals surface area contributed by atoms with Crippen LogP contribution in [0.3, 0.4) is 0 Å². The largest absolute Gasteiger partial charge is 0.497 e. The van der Waals surface area contributed by atoms with Gasteiger partial charge in [0.1, 0.15) is 5.75 Å². The summed E-state index contributed by atoms with van der Waals surface area (Å²) in [5.74, 6) is 1.62. The molecule has 1 atom stereocenters. The van der Waals surface area contributed by atoms with Crippen LogP contribution in [0.5, 0.6) is 5.75 Å².